The van der Waals surface area contributed by atoms with Crippen LogP contribution in [0.5, 0.6) is 0 Å². The standard InChI is InChI=1S/C21H19FN2O3/c22-17-11-15(19(25)13-3-4-13)7-8-16(17)12-1-5-14(6-2-12)20(26)24-18-9-10-23-21(18)27/h1-2,5-8,11,13,18H,3-4,9-10H2,(H,23,27)(H,24,26)/t18-/m1/s1. The van der Waals surface area contributed by atoms with Gasteiger partial charge in [0.25, 0.3) is 5.91 Å². The van der Waals surface area contributed by atoms with Crippen LogP contribution in [0.15, 0.2) is 42.5 Å². The first-order chi connectivity index (χ1) is 13.0. The minimum absolute atomic E-state index is 0.00317. The topological polar surface area (TPSA) is 75.3 Å². The van der Waals surface area contributed by atoms with Gasteiger partial charge in [-0.1, -0.05) is 24.3 Å². The molecule has 0 aromatic heterocycles. The van der Waals surface area contributed by atoms with Crippen LogP contribution in [0.2, 0.25) is 0 Å². The Morgan fingerprint density at radius 3 is 2.30 bits per heavy atom. The predicted molar refractivity (Wildman–Crippen MR) is 97.8 cm³/mol. The van der Waals surface area contributed by atoms with E-state index >= 15 is 0 Å². The maximum Gasteiger partial charge on any atom is 0.251 e. The molecule has 2 aliphatic rings. The summed E-state index contributed by atoms with van der Waals surface area (Å²) in [4.78, 5) is 35.8. The van der Waals surface area contributed by atoms with E-state index in [-0.39, 0.29) is 23.5 Å². The van der Waals surface area contributed by atoms with Crippen molar-refractivity contribution in [2.45, 2.75) is 25.3 Å². The second-order valence-electron chi connectivity index (χ2n) is 7.02. The second-order valence-corrected chi connectivity index (χ2v) is 7.02. The highest BCUT2D eigenvalue weighted by Gasteiger charge is 2.30. The fourth-order valence-electron chi connectivity index (χ4n) is 3.26. The maximum atomic E-state index is 14.5. The normalized spacial score (nSPS) is 18.9. The third kappa shape index (κ3) is 3.60. The highest BCUT2D eigenvalue weighted by molar-refractivity contribution is 6.00. The lowest BCUT2D eigenvalue weighted by atomic mass is 9.99. The zero-order valence-electron chi connectivity index (χ0n) is 14.6. The number of Topliss-reactive ketones (excluding diaryl/α,β-unsaturated/α-hetero) is 1. The Labute approximate surface area is 156 Å². The van der Waals surface area contributed by atoms with Gasteiger partial charge in [0.15, 0.2) is 5.78 Å². The molecule has 0 spiro atoms. The molecule has 27 heavy (non-hydrogen) atoms. The van der Waals surface area contributed by atoms with Crippen LogP contribution in [-0.2, 0) is 4.79 Å². The van der Waals surface area contributed by atoms with Crippen LogP contribution in [0, 0.1) is 11.7 Å². The van der Waals surface area contributed by atoms with E-state index in [4.69, 9.17) is 0 Å². The second kappa shape index (κ2) is 6.95. The molecule has 1 heterocycles. The molecule has 2 aromatic carbocycles. The summed E-state index contributed by atoms with van der Waals surface area (Å²) in [5, 5.41) is 5.36. The van der Waals surface area contributed by atoms with Gasteiger partial charge in [-0.3, -0.25) is 14.4 Å². The van der Waals surface area contributed by atoms with Crippen molar-refractivity contribution in [2.75, 3.05) is 6.54 Å². The number of ketones is 1. The molecule has 0 radical (unpaired) electrons. The number of amides is 2. The summed E-state index contributed by atoms with van der Waals surface area (Å²) in [5.74, 6) is -0.919. The summed E-state index contributed by atoms with van der Waals surface area (Å²) in [6, 6.07) is 10.5. The third-order valence-electron chi connectivity index (χ3n) is 5.01. The number of halogens is 1. The van der Waals surface area contributed by atoms with Crippen LogP contribution in [0.4, 0.5) is 4.39 Å². The molecule has 1 atom stereocenters. The molecule has 0 bridgehead atoms. The number of carbonyl (C=O) groups is 3. The first kappa shape index (κ1) is 17.4. The number of benzene rings is 2. The Kier molecular flexibility index (Phi) is 4.48. The van der Waals surface area contributed by atoms with E-state index in [1.165, 1.54) is 6.07 Å². The molecule has 2 fully saturated rings. The molecule has 1 aliphatic heterocycles. The maximum absolute atomic E-state index is 14.5. The first-order valence-corrected chi connectivity index (χ1v) is 9.06. The first-order valence-electron chi connectivity index (χ1n) is 9.06. The molecule has 1 saturated carbocycles. The molecular weight excluding hydrogens is 347 g/mol. The van der Waals surface area contributed by atoms with Gasteiger partial charge in [-0.2, -0.15) is 0 Å². The monoisotopic (exact) mass is 366 g/mol. The summed E-state index contributed by atoms with van der Waals surface area (Å²) in [5.41, 5.74) is 1.81. The van der Waals surface area contributed by atoms with E-state index in [9.17, 15) is 18.8 Å². The van der Waals surface area contributed by atoms with Crippen molar-refractivity contribution in [1.29, 1.82) is 0 Å². The molecule has 2 amide bonds. The van der Waals surface area contributed by atoms with Crippen LogP contribution in [0.3, 0.4) is 0 Å². The fraction of sp³-hybridized carbons (Fsp3) is 0.286. The van der Waals surface area contributed by atoms with Gasteiger partial charge < -0.3 is 10.6 Å². The van der Waals surface area contributed by atoms with E-state index in [2.05, 4.69) is 10.6 Å². The minimum Gasteiger partial charge on any atom is -0.354 e. The number of carbonyl (C=O) groups excluding carboxylic acids is 3. The SMILES string of the molecule is O=C(N[C@@H]1CCNC1=O)c1ccc(-c2ccc(C(=O)C3CC3)cc2F)cc1. The van der Waals surface area contributed by atoms with Crippen LogP contribution >= 0.6 is 0 Å². The molecule has 1 aliphatic carbocycles. The summed E-state index contributed by atoms with van der Waals surface area (Å²) in [6.07, 6.45) is 2.34. The molecule has 2 N–H and O–H groups in total. The van der Waals surface area contributed by atoms with Crippen molar-refractivity contribution in [2.24, 2.45) is 5.92 Å². The lowest BCUT2D eigenvalue weighted by Gasteiger charge is -2.11. The molecule has 4 rings (SSSR count). The average Bonchev–Trinajstić information content (AvgIpc) is 3.45. The van der Waals surface area contributed by atoms with E-state index in [0.29, 0.717) is 35.2 Å². The molecule has 138 valence electrons. The smallest absolute Gasteiger partial charge is 0.251 e. The van der Waals surface area contributed by atoms with Crippen LogP contribution in [0.1, 0.15) is 40.0 Å². The van der Waals surface area contributed by atoms with Crippen molar-refractivity contribution in [1.82, 2.24) is 10.6 Å². The number of hydrogen-bond donors (Lipinski definition) is 2. The molecule has 1 saturated heterocycles. The Morgan fingerprint density at radius 2 is 1.70 bits per heavy atom. The van der Waals surface area contributed by atoms with Gasteiger partial charge in [0.1, 0.15) is 11.9 Å². The quantitative estimate of drug-likeness (QED) is 0.799. The molecule has 2 aromatic rings. The van der Waals surface area contributed by atoms with Crippen molar-refractivity contribution in [3.05, 3.63) is 59.4 Å². The highest BCUT2D eigenvalue weighted by atomic mass is 19.1. The lowest BCUT2D eigenvalue weighted by molar-refractivity contribution is -0.120. The van der Waals surface area contributed by atoms with E-state index in [0.717, 1.165) is 12.8 Å². The van der Waals surface area contributed by atoms with Gasteiger partial charge in [0.05, 0.1) is 0 Å². The van der Waals surface area contributed by atoms with Gasteiger partial charge in [0.2, 0.25) is 5.91 Å². The Bertz CT molecular complexity index is 920. The zero-order chi connectivity index (χ0) is 19.0. The van der Waals surface area contributed by atoms with Gasteiger partial charge in [0, 0.05) is 29.2 Å². The fourth-order valence-corrected chi connectivity index (χ4v) is 3.26. The summed E-state index contributed by atoms with van der Waals surface area (Å²) in [6.45, 7) is 0.557. The van der Waals surface area contributed by atoms with Crippen LogP contribution in [-0.4, -0.2) is 30.2 Å². The number of nitrogens with one attached hydrogen (secondary N) is 2. The molecule has 6 heteroatoms. The molecule has 5 nitrogen and oxygen atoms in total. The van der Waals surface area contributed by atoms with Crippen LogP contribution in [0.25, 0.3) is 11.1 Å². The van der Waals surface area contributed by atoms with Gasteiger partial charge in [-0.15, -0.1) is 0 Å². The Hall–Kier alpha value is -3.02. The zero-order valence-corrected chi connectivity index (χ0v) is 14.6. The third-order valence-corrected chi connectivity index (χ3v) is 5.01. The largest absolute Gasteiger partial charge is 0.354 e. The van der Waals surface area contributed by atoms with Crippen LogP contribution < -0.4 is 10.6 Å². The van der Waals surface area contributed by atoms with Crippen molar-refractivity contribution >= 4 is 17.6 Å². The Balaban J connectivity index is 1.49. The molecular formula is C21H19FN2O3. The Morgan fingerprint density at radius 1 is 1.00 bits per heavy atom. The summed E-state index contributed by atoms with van der Waals surface area (Å²) in [7, 11) is 0. The number of hydrogen-bond acceptors (Lipinski definition) is 3. The van der Waals surface area contributed by atoms with E-state index in [1.54, 1.807) is 36.4 Å². The van der Waals surface area contributed by atoms with Gasteiger partial charge >= 0.3 is 0 Å². The van der Waals surface area contributed by atoms with Gasteiger partial charge in [-0.05, 0) is 43.0 Å². The van der Waals surface area contributed by atoms with Crippen molar-refractivity contribution < 1.29 is 18.8 Å². The highest BCUT2D eigenvalue weighted by Crippen LogP contribution is 2.33. The lowest BCUT2D eigenvalue weighted by Crippen LogP contribution is -2.40. The van der Waals surface area contributed by atoms with E-state index in [1.807, 2.05) is 0 Å². The van der Waals surface area contributed by atoms with Gasteiger partial charge in [-0.25, -0.2) is 4.39 Å². The summed E-state index contributed by atoms with van der Waals surface area (Å²) < 4.78 is 14.5. The van der Waals surface area contributed by atoms with E-state index < -0.39 is 11.9 Å². The van der Waals surface area contributed by atoms with Crippen molar-refractivity contribution in [3.8, 4) is 11.1 Å². The number of rotatable bonds is 5. The molecule has 0 unspecified atom stereocenters. The minimum atomic E-state index is -0.508. The predicted octanol–water partition coefficient (Wildman–Crippen LogP) is 2.70. The summed E-state index contributed by atoms with van der Waals surface area (Å²) >= 11 is 0. The van der Waals surface area contributed by atoms with Crippen molar-refractivity contribution in [3.63, 3.8) is 0 Å². The average molecular weight is 366 g/mol.